The number of fused-ring (bicyclic) bond motifs is 1. The molecule has 2 saturated heterocycles. The van der Waals surface area contributed by atoms with Crippen molar-refractivity contribution in [2.24, 2.45) is 23.8 Å². The number of carboxylic acids is 1. The number of benzene rings is 1. The summed E-state index contributed by atoms with van der Waals surface area (Å²) in [6, 6.07) is 3.14. The standard InChI is InChI=1S/C32H40ClN5O6/c1-31(30(41)42)9-4-3-5-21(31)29(40)38-12-8-20-22(33)6-7-25(44-17-23-28(19-15-43-16-19)36(2)35-34-23)27(20)24(38)14-37-18-32(10-11-32)13-26(37)39/h6-7,19,21,24H,3-5,8-18H2,1-2H3,(H,41,42)/t21-,24+,31-/m0/s1. The fourth-order valence-electron chi connectivity index (χ4n) is 7.96. The van der Waals surface area contributed by atoms with Gasteiger partial charge in [0.2, 0.25) is 11.8 Å². The molecule has 236 valence electrons. The zero-order valence-corrected chi connectivity index (χ0v) is 26.1. The number of aromatic nitrogens is 3. The molecular formula is C32H40ClN5O6. The van der Waals surface area contributed by atoms with Gasteiger partial charge in [0.05, 0.1) is 36.3 Å². The molecule has 0 radical (unpaired) electrons. The smallest absolute Gasteiger partial charge is 0.310 e. The summed E-state index contributed by atoms with van der Waals surface area (Å²) in [7, 11) is 1.86. The first-order valence-electron chi connectivity index (χ1n) is 15.8. The second-order valence-corrected chi connectivity index (χ2v) is 14.2. The third kappa shape index (κ3) is 4.96. The van der Waals surface area contributed by atoms with Crippen LogP contribution < -0.4 is 4.74 Å². The van der Waals surface area contributed by atoms with E-state index in [2.05, 4.69) is 10.3 Å². The first kappa shape index (κ1) is 29.5. The van der Waals surface area contributed by atoms with E-state index in [1.165, 1.54) is 0 Å². The van der Waals surface area contributed by atoms with Crippen molar-refractivity contribution in [2.75, 3.05) is 32.8 Å². The van der Waals surface area contributed by atoms with E-state index in [0.29, 0.717) is 69.3 Å². The molecule has 3 aliphatic heterocycles. The molecule has 0 bridgehead atoms. The van der Waals surface area contributed by atoms with E-state index < -0.39 is 23.3 Å². The average molecular weight is 626 g/mol. The number of rotatable bonds is 8. The van der Waals surface area contributed by atoms with Gasteiger partial charge in [-0.25, -0.2) is 0 Å². The van der Waals surface area contributed by atoms with Crippen LogP contribution in [-0.4, -0.2) is 80.5 Å². The summed E-state index contributed by atoms with van der Waals surface area (Å²) in [6.07, 6.45) is 5.74. The van der Waals surface area contributed by atoms with Crippen LogP contribution in [0.2, 0.25) is 5.02 Å². The number of amides is 2. The van der Waals surface area contributed by atoms with Crippen molar-refractivity contribution < 1.29 is 29.0 Å². The number of hydrogen-bond donors (Lipinski definition) is 1. The zero-order chi connectivity index (χ0) is 30.8. The average Bonchev–Trinajstić information content (AvgIpc) is 3.53. The topological polar surface area (TPSA) is 127 Å². The van der Waals surface area contributed by atoms with Crippen LogP contribution in [0.5, 0.6) is 5.75 Å². The molecule has 3 atom stereocenters. The molecule has 5 aliphatic rings. The number of carbonyl (C=O) groups is 3. The summed E-state index contributed by atoms with van der Waals surface area (Å²) >= 11 is 6.80. The highest BCUT2D eigenvalue weighted by Crippen LogP contribution is 2.54. The molecule has 2 amide bonds. The number of likely N-dealkylation sites (tertiary alicyclic amines) is 1. The van der Waals surface area contributed by atoms with Crippen molar-refractivity contribution >= 4 is 29.4 Å². The lowest BCUT2D eigenvalue weighted by atomic mass is 9.66. The lowest BCUT2D eigenvalue weighted by Gasteiger charge is -2.45. The number of ether oxygens (including phenoxy) is 2. The second kappa shape index (κ2) is 11.0. The maximum atomic E-state index is 14.5. The first-order chi connectivity index (χ1) is 21.1. The molecule has 11 nitrogen and oxygen atoms in total. The highest BCUT2D eigenvalue weighted by molar-refractivity contribution is 6.31. The fraction of sp³-hybridized carbons (Fsp3) is 0.656. The first-order valence-corrected chi connectivity index (χ1v) is 16.2. The molecule has 7 rings (SSSR count). The molecule has 1 N–H and O–H groups in total. The summed E-state index contributed by atoms with van der Waals surface area (Å²) in [5.41, 5.74) is 2.35. The van der Waals surface area contributed by atoms with Crippen LogP contribution >= 0.6 is 11.6 Å². The second-order valence-electron chi connectivity index (χ2n) is 13.8. The number of hydrogen-bond acceptors (Lipinski definition) is 7. The van der Waals surface area contributed by atoms with Gasteiger partial charge in [-0.05, 0) is 62.1 Å². The van der Waals surface area contributed by atoms with Gasteiger partial charge in [0.25, 0.3) is 0 Å². The van der Waals surface area contributed by atoms with Crippen molar-refractivity contribution in [2.45, 2.75) is 76.9 Å². The van der Waals surface area contributed by atoms with Crippen LogP contribution in [0.15, 0.2) is 12.1 Å². The third-order valence-corrected chi connectivity index (χ3v) is 11.3. The molecule has 0 unspecified atom stereocenters. The highest BCUT2D eigenvalue weighted by atomic mass is 35.5. The minimum Gasteiger partial charge on any atom is -0.487 e. The molecule has 2 aromatic rings. The van der Waals surface area contributed by atoms with E-state index in [4.69, 9.17) is 21.1 Å². The number of carboxylic acid groups (broad SMARTS) is 1. The van der Waals surface area contributed by atoms with Gasteiger partial charge in [0.15, 0.2) is 0 Å². The quantitative estimate of drug-likeness (QED) is 0.468. The molecule has 1 aromatic heterocycles. The van der Waals surface area contributed by atoms with Crippen molar-refractivity contribution in [1.82, 2.24) is 24.8 Å². The Morgan fingerprint density at radius 2 is 2.00 bits per heavy atom. The minimum absolute atomic E-state index is 0.0654. The lowest BCUT2D eigenvalue weighted by molar-refractivity contribution is -0.162. The van der Waals surface area contributed by atoms with Crippen LogP contribution in [0.3, 0.4) is 0 Å². The summed E-state index contributed by atoms with van der Waals surface area (Å²) in [5.74, 6) is -0.832. The van der Waals surface area contributed by atoms with Crippen LogP contribution in [0, 0.1) is 16.7 Å². The van der Waals surface area contributed by atoms with E-state index in [1.807, 2.05) is 29.0 Å². The Morgan fingerprint density at radius 3 is 2.68 bits per heavy atom. The number of carbonyl (C=O) groups excluding carboxylic acids is 2. The van der Waals surface area contributed by atoms with Gasteiger partial charge in [-0.2, -0.15) is 0 Å². The molecule has 1 aromatic carbocycles. The largest absolute Gasteiger partial charge is 0.487 e. The summed E-state index contributed by atoms with van der Waals surface area (Å²) in [5, 5.41) is 19.4. The minimum atomic E-state index is -1.14. The Bertz CT molecular complexity index is 1500. The summed E-state index contributed by atoms with van der Waals surface area (Å²) in [6.45, 7) is 4.52. The number of nitrogens with zero attached hydrogens (tertiary/aromatic N) is 5. The number of aryl methyl sites for hydroxylation is 1. The molecule has 1 spiro atoms. The van der Waals surface area contributed by atoms with Gasteiger partial charge >= 0.3 is 5.97 Å². The van der Waals surface area contributed by atoms with Gasteiger partial charge < -0.3 is 24.4 Å². The number of aliphatic carboxylic acids is 1. The van der Waals surface area contributed by atoms with Gasteiger partial charge in [0, 0.05) is 49.6 Å². The predicted molar refractivity (Wildman–Crippen MR) is 159 cm³/mol. The van der Waals surface area contributed by atoms with Gasteiger partial charge in [-0.3, -0.25) is 19.1 Å². The van der Waals surface area contributed by atoms with Crippen molar-refractivity contribution in [3.63, 3.8) is 0 Å². The Kier molecular flexibility index (Phi) is 7.39. The Labute approximate surface area is 261 Å². The summed E-state index contributed by atoms with van der Waals surface area (Å²) in [4.78, 5) is 43.9. The highest BCUT2D eigenvalue weighted by Gasteiger charge is 2.54. The summed E-state index contributed by atoms with van der Waals surface area (Å²) < 4.78 is 13.7. The SMILES string of the molecule is Cn1nnc(COc2ccc(Cl)c3c2[C@@H](CN2CC4(CC4)CC2=O)N(C(=O)[C@@H]2CCCC[C@]2(C)C(=O)O)CC3)c1C1COC1. The molecular weight excluding hydrogens is 586 g/mol. The van der Waals surface area contributed by atoms with E-state index in [9.17, 15) is 19.5 Å². The van der Waals surface area contributed by atoms with E-state index in [-0.39, 0.29) is 29.8 Å². The van der Waals surface area contributed by atoms with Crippen molar-refractivity contribution in [1.29, 1.82) is 0 Å². The third-order valence-electron chi connectivity index (χ3n) is 10.9. The maximum Gasteiger partial charge on any atom is 0.310 e. The predicted octanol–water partition coefficient (Wildman–Crippen LogP) is 3.88. The zero-order valence-electron chi connectivity index (χ0n) is 25.4. The lowest BCUT2D eigenvalue weighted by Crippen LogP contribution is -2.52. The molecule has 44 heavy (non-hydrogen) atoms. The van der Waals surface area contributed by atoms with Gasteiger partial charge in [0.1, 0.15) is 18.1 Å². The molecule has 2 saturated carbocycles. The Morgan fingerprint density at radius 1 is 1.20 bits per heavy atom. The maximum absolute atomic E-state index is 14.5. The van der Waals surface area contributed by atoms with Crippen LogP contribution in [0.25, 0.3) is 0 Å². The van der Waals surface area contributed by atoms with E-state index in [0.717, 1.165) is 48.2 Å². The molecule has 2 aliphatic carbocycles. The molecule has 4 fully saturated rings. The van der Waals surface area contributed by atoms with Crippen LogP contribution in [0.1, 0.15) is 86.3 Å². The number of halogens is 1. The van der Waals surface area contributed by atoms with Crippen molar-refractivity contribution in [3.05, 3.63) is 39.7 Å². The Balaban J connectivity index is 1.25. The van der Waals surface area contributed by atoms with Crippen LogP contribution in [0.4, 0.5) is 0 Å². The monoisotopic (exact) mass is 625 g/mol. The Hall–Kier alpha value is -3.18. The molecule has 12 heteroatoms. The fourth-order valence-corrected chi connectivity index (χ4v) is 8.22. The van der Waals surface area contributed by atoms with Gasteiger partial charge in [-0.1, -0.05) is 29.7 Å². The van der Waals surface area contributed by atoms with Crippen molar-refractivity contribution in [3.8, 4) is 5.75 Å². The van der Waals surface area contributed by atoms with Crippen LogP contribution in [-0.2, 0) is 39.2 Å². The molecule has 4 heterocycles. The van der Waals surface area contributed by atoms with Gasteiger partial charge in [-0.15, -0.1) is 5.10 Å². The normalized spacial score (nSPS) is 27.8. The van der Waals surface area contributed by atoms with E-state index >= 15 is 0 Å². The van der Waals surface area contributed by atoms with E-state index in [1.54, 1.807) is 11.6 Å².